The lowest BCUT2D eigenvalue weighted by atomic mass is 10.1. The molecule has 0 atom stereocenters. The van der Waals surface area contributed by atoms with Crippen molar-refractivity contribution >= 4 is 23.5 Å². The summed E-state index contributed by atoms with van der Waals surface area (Å²) in [6, 6.07) is 15.6. The van der Waals surface area contributed by atoms with Gasteiger partial charge in [0.1, 0.15) is 0 Å². The van der Waals surface area contributed by atoms with Crippen LogP contribution in [0.5, 0.6) is 0 Å². The average Bonchev–Trinajstić information content (AvgIpc) is 2.67. The second-order valence-electron chi connectivity index (χ2n) is 6.72. The van der Waals surface area contributed by atoms with Crippen molar-refractivity contribution in [3.63, 3.8) is 0 Å². The number of hydrogen-bond donors (Lipinski definition) is 2. The summed E-state index contributed by atoms with van der Waals surface area (Å²) in [5.41, 5.74) is 3.00. The van der Waals surface area contributed by atoms with Crippen LogP contribution in [-0.4, -0.2) is 50.5 Å². The zero-order valence-corrected chi connectivity index (χ0v) is 17.6. The molecule has 0 aliphatic heterocycles. The molecule has 1 amide bonds. The minimum absolute atomic E-state index is 0.0152. The first-order chi connectivity index (χ1) is 13.5. The summed E-state index contributed by atoms with van der Waals surface area (Å²) >= 11 is 6.03. The van der Waals surface area contributed by atoms with Crippen LogP contribution in [0.25, 0.3) is 0 Å². The zero-order valence-electron chi connectivity index (χ0n) is 16.8. The minimum atomic E-state index is 0.0152. The third-order valence-corrected chi connectivity index (χ3v) is 4.42. The topological polar surface area (TPSA) is 56.7 Å². The molecule has 0 saturated carbocycles. The second-order valence-corrected chi connectivity index (χ2v) is 7.15. The van der Waals surface area contributed by atoms with Gasteiger partial charge in [0.05, 0.1) is 0 Å². The molecule has 0 saturated heterocycles. The van der Waals surface area contributed by atoms with Gasteiger partial charge in [0.2, 0.25) is 0 Å². The summed E-state index contributed by atoms with van der Waals surface area (Å²) in [6.45, 7) is 4.27. The molecular formula is C22H29ClN4O. The number of guanidine groups is 1. The van der Waals surface area contributed by atoms with Gasteiger partial charge in [-0.1, -0.05) is 35.9 Å². The standard InChI is InChI=1S/C22H29ClN4O/c1-4-24-22(26-14-12-18-8-6-10-20(23)16-18)25-13-11-17-7-5-9-19(15-17)21(28)27(2)3/h5-10,15-16H,4,11-14H2,1-3H3,(H2,24,25,26). The van der Waals surface area contributed by atoms with E-state index in [0.717, 1.165) is 42.5 Å². The molecule has 0 fully saturated rings. The van der Waals surface area contributed by atoms with Crippen LogP contribution < -0.4 is 10.6 Å². The van der Waals surface area contributed by atoms with Crippen molar-refractivity contribution in [3.05, 3.63) is 70.2 Å². The number of nitrogens with zero attached hydrogens (tertiary/aromatic N) is 2. The number of carbonyl (C=O) groups is 1. The molecule has 0 heterocycles. The summed E-state index contributed by atoms with van der Waals surface area (Å²) in [6.07, 6.45) is 1.65. The molecule has 5 nitrogen and oxygen atoms in total. The molecule has 0 bridgehead atoms. The Hall–Kier alpha value is -2.53. The second kappa shape index (κ2) is 11.3. The molecule has 6 heteroatoms. The number of rotatable bonds is 8. The van der Waals surface area contributed by atoms with E-state index in [1.165, 1.54) is 5.56 Å². The monoisotopic (exact) mass is 400 g/mol. The molecule has 2 rings (SSSR count). The molecule has 2 N–H and O–H groups in total. The molecule has 0 aromatic heterocycles. The fourth-order valence-electron chi connectivity index (χ4n) is 2.77. The van der Waals surface area contributed by atoms with E-state index in [1.807, 2.05) is 49.4 Å². The third-order valence-electron chi connectivity index (χ3n) is 4.19. The Morgan fingerprint density at radius 1 is 1.04 bits per heavy atom. The molecule has 150 valence electrons. The van der Waals surface area contributed by atoms with Gasteiger partial charge in [-0.2, -0.15) is 0 Å². The van der Waals surface area contributed by atoms with Gasteiger partial charge >= 0.3 is 0 Å². The number of amides is 1. The normalized spacial score (nSPS) is 11.2. The summed E-state index contributed by atoms with van der Waals surface area (Å²) < 4.78 is 0. The molecule has 0 radical (unpaired) electrons. The predicted molar refractivity (Wildman–Crippen MR) is 117 cm³/mol. The van der Waals surface area contributed by atoms with E-state index in [0.29, 0.717) is 12.1 Å². The summed E-state index contributed by atoms with van der Waals surface area (Å²) in [4.78, 5) is 18.3. The van der Waals surface area contributed by atoms with Crippen molar-refractivity contribution in [1.29, 1.82) is 0 Å². The van der Waals surface area contributed by atoms with E-state index in [-0.39, 0.29) is 5.91 Å². The number of nitrogens with one attached hydrogen (secondary N) is 2. The van der Waals surface area contributed by atoms with Crippen LogP contribution in [0.15, 0.2) is 53.5 Å². The number of carbonyl (C=O) groups excluding carboxylic acids is 1. The van der Waals surface area contributed by atoms with Gasteiger partial charge in [-0.3, -0.25) is 9.79 Å². The van der Waals surface area contributed by atoms with Crippen molar-refractivity contribution in [1.82, 2.24) is 15.5 Å². The third kappa shape index (κ3) is 7.24. The predicted octanol–water partition coefficient (Wildman–Crippen LogP) is 3.38. The first-order valence-electron chi connectivity index (χ1n) is 9.57. The largest absolute Gasteiger partial charge is 0.357 e. The van der Waals surface area contributed by atoms with Crippen molar-refractivity contribution < 1.29 is 4.79 Å². The minimum Gasteiger partial charge on any atom is -0.357 e. The van der Waals surface area contributed by atoms with Crippen LogP contribution in [-0.2, 0) is 12.8 Å². The van der Waals surface area contributed by atoms with Crippen LogP contribution in [0.2, 0.25) is 5.02 Å². The Labute approximate surface area is 172 Å². The summed E-state index contributed by atoms with van der Waals surface area (Å²) in [5.74, 6) is 0.812. The maximum absolute atomic E-state index is 12.1. The maximum Gasteiger partial charge on any atom is 0.253 e. The Morgan fingerprint density at radius 2 is 1.75 bits per heavy atom. The van der Waals surface area contributed by atoms with E-state index >= 15 is 0 Å². The van der Waals surface area contributed by atoms with Gasteiger partial charge in [-0.25, -0.2) is 0 Å². The highest BCUT2D eigenvalue weighted by Crippen LogP contribution is 2.11. The fourth-order valence-corrected chi connectivity index (χ4v) is 2.99. The van der Waals surface area contributed by atoms with Gasteiger partial charge in [0.15, 0.2) is 5.96 Å². The van der Waals surface area contributed by atoms with Crippen molar-refractivity contribution in [2.75, 3.05) is 33.7 Å². The molecule has 2 aromatic carbocycles. The number of hydrogen-bond acceptors (Lipinski definition) is 2. The molecule has 0 aliphatic carbocycles. The lowest BCUT2D eigenvalue weighted by molar-refractivity contribution is 0.0827. The van der Waals surface area contributed by atoms with Gasteiger partial charge in [0, 0.05) is 44.3 Å². The highest BCUT2D eigenvalue weighted by Gasteiger charge is 2.08. The first kappa shape index (κ1) is 21.8. The summed E-state index contributed by atoms with van der Waals surface area (Å²) in [7, 11) is 3.52. The van der Waals surface area contributed by atoms with Crippen LogP contribution in [0.3, 0.4) is 0 Å². The maximum atomic E-state index is 12.1. The molecule has 0 aliphatic rings. The number of benzene rings is 2. The first-order valence-corrected chi connectivity index (χ1v) is 9.94. The average molecular weight is 401 g/mol. The highest BCUT2D eigenvalue weighted by atomic mass is 35.5. The Morgan fingerprint density at radius 3 is 2.43 bits per heavy atom. The highest BCUT2D eigenvalue weighted by molar-refractivity contribution is 6.30. The van der Waals surface area contributed by atoms with E-state index in [4.69, 9.17) is 11.6 Å². The molecule has 28 heavy (non-hydrogen) atoms. The van der Waals surface area contributed by atoms with E-state index in [9.17, 15) is 4.79 Å². The van der Waals surface area contributed by atoms with E-state index in [1.54, 1.807) is 19.0 Å². The van der Waals surface area contributed by atoms with Crippen LogP contribution in [0.1, 0.15) is 28.4 Å². The van der Waals surface area contributed by atoms with Crippen LogP contribution in [0, 0.1) is 0 Å². The number of halogens is 1. The Kier molecular flexibility index (Phi) is 8.82. The van der Waals surface area contributed by atoms with Crippen LogP contribution >= 0.6 is 11.6 Å². The molecule has 0 spiro atoms. The summed E-state index contributed by atoms with van der Waals surface area (Å²) in [5, 5.41) is 7.38. The quantitative estimate of drug-likeness (QED) is 0.527. The molecule has 0 unspecified atom stereocenters. The van der Waals surface area contributed by atoms with Crippen molar-refractivity contribution in [2.24, 2.45) is 4.99 Å². The van der Waals surface area contributed by atoms with Gasteiger partial charge < -0.3 is 15.5 Å². The van der Waals surface area contributed by atoms with Crippen molar-refractivity contribution in [3.8, 4) is 0 Å². The lowest BCUT2D eigenvalue weighted by Crippen LogP contribution is -2.38. The number of aliphatic imine (C=N–C) groups is 1. The zero-order chi connectivity index (χ0) is 20.4. The van der Waals surface area contributed by atoms with Crippen LogP contribution in [0.4, 0.5) is 0 Å². The fraction of sp³-hybridized carbons (Fsp3) is 0.364. The van der Waals surface area contributed by atoms with Crippen molar-refractivity contribution in [2.45, 2.75) is 19.8 Å². The molecule has 2 aromatic rings. The van der Waals surface area contributed by atoms with Gasteiger partial charge in [-0.15, -0.1) is 0 Å². The molecular weight excluding hydrogens is 372 g/mol. The Balaban J connectivity index is 1.88. The Bertz CT molecular complexity index is 805. The SMILES string of the molecule is CCNC(=NCCc1cccc(C(=O)N(C)C)c1)NCCc1cccc(Cl)c1. The van der Waals surface area contributed by atoms with E-state index < -0.39 is 0 Å². The van der Waals surface area contributed by atoms with Gasteiger partial charge in [-0.05, 0) is 55.2 Å². The van der Waals surface area contributed by atoms with E-state index in [2.05, 4.69) is 21.7 Å². The lowest BCUT2D eigenvalue weighted by Gasteiger charge is -2.12. The smallest absolute Gasteiger partial charge is 0.253 e. The van der Waals surface area contributed by atoms with Gasteiger partial charge in [0.25, 0.3) is 5.91 Å².